The van der Waals surface area contributed by atoms with Crippen LogP contribution >= 0.6 is 11.6 Å². The predicted molar refractivity (Wildman–Crippen MR) is 126 cm³/mol. The highest BCUT2D eigenvalue weighted by atomic mass is 35.5. The number of benzene rings is 2. The molecule has 1 aliphatic heterocycles. The van der Waals surface area contributed by atoms with Crippen LogP contribution in [0.1, 0.15) is 18.1 Å². The summed E-state index contributed by atoms with van der Waals surface area (Å²) in [5.41, 5.74) is 1.42. The van der Waals surface area contributed by atoms with Gasteiger partial charge < -0.3 is 19.8 Å². The maximum absolute atomic E-state index is 15.8. The molecule has 3 rings (SSSR count). The van der Waals surface area contributed by atoms with Gasteiger partial charge in [0.2, 0.25) is 0 Å². The topological polar surface area (TPSA) is 73.2 Å². The van der Waals surface area contributed by atoms with Gasteiger partial charge in [0.25, 0.3) is 5.91 Å². The monoisotopic (exact) mass is 472 g/mol. The van der Waals surface area contributed by atoms with E-state index in [9.17, 15) is 9.90 Å². The number of fused-ring (bicyclic) bond motifs is 1. The molecule has 2 N–H and O–H groups in total. The van der Waals surface area contributed by atoms with Crippen LogP contribution in [0.5, 0.6) is 11.5 Å². The number of hydrogen-bond donors (Lipinski definition) is 2. The first-order chi connectivity index (χ1) is 15.8. The van der Waals surface area contributed by atoms with E-state index in [-0.39, 0.29) is 45.7 Å². The van der Waals surface area contributed by atoms with Crippen molar-refractivity contribution in [3.8, 4) is 34.5 Å². The number of amides is 1. The highest BCUT2D eigenvalue weighted by Crippen LogP contribution is 2.43. The van der Waals surface area contributed by atoms with Gasteiger partial charge in [-0.1, -0.05) is 30.2 Å². The summed E-state index contributed by atoms with van der Waals surface area (Å²) in [6, 6.07) is 6.37. The Labute approximate surface area is 197 Å². The maximum Gasteiger partial charge on any atom is 0.251 e. The summed E-state index contributed by atoms with van der Waals surface area (Å²) in [6.45, 7) is 6.91. The molecular weight excluding hydrogens is 447 g/mol. The summed E-state index contributed by atoms with van der Waals surface area (Å²) in [5, 5.41) is 19.7. The normalized spacial score (nSPS) is 13.2. The zero-order valence-corrected chi connectivity index (χ0v) is 19.4. The molecule has 8 heteroatoms. The van der Waals surface area contributed by atoms with Crippen molar-refractivity contribution in [3.63, 3.8) is 0 Å². The maximum atomic E-state index is 15.8. The number of nitrogens with zero attached hydrogens (tertiary/aromatic N) is 2. The van der Waals surface area contributed by atoms with Gasteiger partial charge in [-0.2, -0.15) is 0 Å². The Balaban J connectivity index is 1.93. The molecule has 0 fully saturated rings. The van der Waals surface area contributed by atoms with E-state index in [1.54, 1.807) is 32.2 Å². The second kappa shape index (κ2) is 10.7. The SMILES string of the molecule is C=C(CO)C(=O)N(C)CCN1CCOc2c(cc(C#CC)c(-c3c(O)cccc3Cl)c2F)C1. The zero-order chi connectivity index (χ0) is 24.1. The van der Waals surface area contributed by atoms with Crippen molar-refractivity contribution in [2.24, 2.45) is 0 Å². The lowest BCUT2D eigenvalue weighted by atomic mass is 9.95. The van der Waals surface area contributed by atoms with Gasteiger partial charge in [0, 0.05) is 61.1 Å². The van der Waals surface area contributed by atoms with Crippen LogP contribution in [0.4, 0.5) is 4.39 Å². The summed E-state index contributed by atoms with van der Waals surface area (Å²) in [7, 11) is 1.64. The van der Waals surface area contributed by atoms with Crippen molar-refractivity contribution in [2.75, 3.05) is 39.9 Å². The molecule has 2 aromatic rings. The quantitative estimate of drug-likeness (QED) is 0.498. The van der Waals surface area contributed by atoms with E-state index in [4.69, 9.17) is 21.4 Å². The molecule has 0 aromatic heterocycles. The first kappa shape index (κ1) is 24.6. The summed E-state index contributed by atoms with van der Waals surface area (Å²) in [4.78, 5) is 15.7. The molecule has 1 amide bonds. The summed E-state index contributed by atoms with van der Waals surface area (Å²) < 4.78 is 21.5. The van der Waals surface area contributed by atoms with Gasteiger partial charge in [0.15, 0.2) is 11.6 Å². The minimum Gasteiger partial charge on any atom is -0.507 e. The van der Waals surface area contributed by atoms with Crippen molar-refractivity contribution in [1.29, 1.82) is 0 Å². The molecule has 174 valence electrons. The Bertz CT molecular complexity index is 1120. The lowest BCUT2D eigenvalue weighted by Crippen LogP contribution is -2.37. The lowest BCUT2D eigenvalue weighted by molar-refractivity contribution is -0.126. The Morgan fingerprint density at radius 2 is 2.15 bits per heavy atom. The minimum atomic E-state index is -0.623. The molecular formula is C25H26ClFN2O4. The van der Waals surface area contributed by atoms with Crippen LogP contribution in [0.25, 0.3) is 11.1 Å². The van der Waals surface area contributed by atoms with Gasteiger partial charge in [-0.3, -0.25) is 9.69 Å². The van der Waals surface area contributed by atoms with E-state index in [1.807, 2.05) is 4.90 Å². The molecule has 0 unspecified atom stereocenters. The number of likely N-dealkylation sites (N-methyl/N-ethyl adjacent to an activating group) is 1. The van der Waals surface area contributed by atoms with Crippen LogP contribution in [-0.4, -0.2) is 65.8 Å². The fourth-order valence-electron chi connectivity index (χ4n) is 3.71. The standard InChI is InChI=1S/C25H26ClFN2O4/c1-4-6-17-13-18-14-29(10-9-28(3)25(32)16(2)15-30)11-12-33-24(18)23(27)21(17)22-19(26)7-5-8-20(22)31/h5,7-8,13,30-31H,2,9-12,14-15H2,1,3H3. The minimum absolute atomic E-state index is 0.103. The van der Waals surface area contributed by atoms with Crippen molar-refractivity contribution in [2.45, 2.75) is 13.5 Å². The van der Waals surface area contributed by atoms with Gasteiger partial charge in [0.05, 0.1) is 11.6 Å². The Kier molecular flexibility index (Phi) is 7.98. The number of halogens is 2. The number of ether oxygens (including phenoxy) is 1. The Morgan fingerprint density at radius 1 is 1.39 bits per heavy atom. The summed E-state index contributed by atoms with van der Waals surface area (Å²) in [6.07, 6.45) is 0. The van der Waals surface area contributed by atoms with Gasteiger partial charge in [-0.05, 0) is 25.1 Å². The van der Waals surface area contributed by atoms with E-state index in [2.05, 4.69) is 18.4 Å². The van der Waals surface area contributed by atoms with E-state index >= 15 is 4.39 Å². The van der Waals surface area contributed by atoms with E-state index in [0.717, 1.165) is 0 Å². The Morgan fingerprint density at radius 3 is 2.82 bits per heavy atom. The fraction of sp³-hybridized carbons (Fsp3) is 0.320. The molecule has 0 aliphatic carbocycles. The van der Waals surface area contributed by atoms with Crippen molar-refractivity contribution < 1.29 is 24.1 Å². The number of aliphatic hydroxyl groups excluding tert-OH is 1. The third-order valence-electron chi connectivity index (χ3n) is 5.44. The van der Waals surface area contributed by atoms with Crippen LogP contribution in [0, 0.1) is 17.7 Å². The van der Waals surface area contributed by atoms with Crippen LogP contribution in [0.3, 0.4) is 0 Å². The molecule has 0 bridgehead atoms. The van der Waals surface area contributed by atoms with Gasteiger partial charge in [0.1, 0.15) is 12.4 Å². The second-order valence-corrected chi connectivity index (χ2v) is 8.13. The molecule has 0 saturated carbocycles. The number of aliphatic hydroxyl groups is 1. The van der Waals surface area contributed by atoms with Crippen LogP contribution < -0.4 is 4.74 Å². The summed E-state index contributed by atoms with van der Waals surface area (Å²) in [5.74, 6) is 4.73. The largest absolute Gasteiger partial charge is 0.507 e. The molecule has 0 saturated heterocycles. The molecule has 2 aromatic carbocycles. The zero-order valence-electron chi connectivity index (χ0n) is 18.6. The highest BCUT2D eigenvalue weighted by molar-refractivity contribution is 6.33. The Hall–Kier alpha value is -3.05. The number of carbonyl (C=O) groups is 1. The first-order valence-corrected chi connectivity index (χ1v) is 10.8. The lowest BCUT2D eigenvalue weighted by Gasteiger charge is -2.24. The predicted octanol–water partition coefficient (Wildman–Crippen LogP) is 3.42. The summed E-state index contributed by atoms with van der Waals surface area (Å²) >= 11 is 6.30. The molecule has 0 radical (unpaired) electrons. The van der Waals surface area contributed by atoms with Crippen LogP contribution in [0.2, 0.25) is 5.02 Å². The van der Waals surface area contributed by atoms with E-state index in [1.165, 1.54) is 11.0 Å². The first-order valence-electron chi connectivity index (χ1n) is 10.4. The number of phenolic OH excluding ortho intramolecular Hbond substituents is 1. The smallest absolute Gasteiger partial charge is 0.251 e. The van der Waals surface area contributed by atoms with Crippen LogP contribution in [0.15, 0.2) is 36.4 Å². The van der Waals surface area contributed by atoms with E-state index < -0.39 is 12.4 Å². The fourth-order valence-corrected chi connectivity index (χ4v) is 3.98. The van der Waals surface area contributed by atoms with Crippen LogP contribution in [-0.2, 0) is 11.3 Å². The molecule has 1 heterocycles. The molecule has 6 nitrogen and oxygen atoms in total. The average Bonchev–Trinajstić information content (AvgIpc) is 3.00. The van der Waals surface area contributed by atoms with Crippen molar-refractivity contribution in [1.82, 2.24) is 9.80 Å². The molecule has 0 spiro atoms. The van der Waals surface area contributed by atoms with Gasteiger partial charge in [-0.15, -0.1) is 5.92 Å². The number of hydrogen-bond acceptors (Lipinski definition) is 5. The van der Waals surface area contributed by atoms with Crippen molar-refractivity contribution in [3.05, 3.63) is 58.4 Å². The van der Waals surface area contributed by atoms with Gasteiger partial charge >= 0.3 is 0 Å². The van der Waals surface area contributed by atoms with E-state index in [0.29, 0.717) is 37.3 Å². The third kappa shape index (κ3) is 5.31. The van der Waals surface area contributed by atoms with Crippen molar-refractivity contribution >= 4 is 17.5 Å². The third-order valence-corrected chi connectivity index (χ3v) is 5.75. The molecule has 0 atom stereocenters. The van der Waals surface area contributed by atoms with Gasteiger partial charge in [-0.25, -0.2) is 4.39 Å². The highest BCUT2D eigenvalue weighted by Gasteiger charge is 2.27. The number of carbonyl (C=O) groups excluding carboxylic acids is 1. The number of phenols is 1. The molecule has 33 heavy (non-hydrogen) atoms. The molecule has 1 aliphatic rings. The number of rotatable bonds is 6. The average molecular weight is 473 g/mol. The second-order valence-electron chi connectivity index (χ2n) is 7.72. The number of aromatic hydroxyl groups is 1.